The molecule has 0 bridgehead atoms. The third-order valence-electron chi connectivity index (χ3n) is 5.13. The number of non-ortho nitro benzene ring substituents is 1. The van der Waals surface area contributed by atoms with Crippen LogP contribution in [0.25, 0.3) is 21.7 Å². The van der Waals surface area contributed by atoms with E-state index in [1.165, 1.54) is 30.0 Å². The summed E-state index contributed by atoms with van der Waals surface area (Å²) in [7, 11) is 0. The number of carbonyl (C=O) groups excluding carboxylic acids is 1. The normalized spacial score (nSPS) is 11.1. The number of benzene rings is 3. The number of nitro groups is 1. The summed E-state index contributed by atoms with van der Waals surface area (Å²) < 4.78 is 1.56. The highest BCUT2D eigenvalue weighted by Gasteiger charge is 2.15. The van der Waals surface area contributed by atoms with Crippen LogP contribution in [0.1, 0.15) is 12.5 Å². The molecule has 0 fully saturated rings. The molecule has 1 heterocycles. The van der Waals surface area contributed by atoms with E-state index in [-0.39, 0.29) is 22.9 Å². The lowest BCUT2D eigenvalue weighted by molar-refractivity contribution is -0.384. The van der Waals surface area contributed by atoms with Crippen molar-refractivity contribution in [2.24, 2.45) is 0 Å². The predicted molar refractivity (Wildman–Crippen MR) is 126 cm³/mol. The average molecular weight is 449 g/mol. The van der Waals surface area contributed by atoms with Crippen molar-refractivity contribution in [1.82, 2.24) is 9.55 Å². The molecule has 0 radical (unpaired) electrons. The first-order valence-corrected chi connectivity index (χ1v) is 11.0. The standard InChI is InChI=1S/C23H20N4O4S/c1-3-26-22(29)18-11-15-6-4-5-7-16(15)12-20(18)25-23(26)32-13-21(28)24-19-9-8-17(27(30)31)10-14(19)2/h4-12H,3,13H2,1-2H3,(H,24,28). The van der Waals surface area contributed by atoms with Gasteiger partial charge in [0.05, 0.1) is 21.6 Å². The van der Waals surface area contributed by atoms with E-state index in [1.807, 2.05) is 43.3 Å². The highest BCUT2D eigenvalue weighted by Crippen LogP contribution is 2.24. The number of nitrogens with one attached hydrogen (secondary N) is 1. The SMILES string of the molecule is CCn1c(SCC(=O)Nc2ccc([N+](=O)[O-])cc2C)nc2cc3ccccc3cc2c1=O. The van der Waals surface area contributed by atoms with Crippen LogP contribution in [-0.2, 0) is 11.3 Å². The number of rotatable bonds is 6. The first kappa shape index (κ1) is 21.5. The Balaban J connectivity index is 1.58. The van der Waals surface area contributed by atoms with Gasteiger partial charge in [-0.2, -0.15) is 0 Å². The number of nitro benzene ring substituents is 1. The fourth-order valence-electron chi connectivity index (χ4n) is 3.49. The number of carbonyl (C=O) groups is 1. The maximum absolute atomic E-state index is 13.0. The molecule has 162 valence electrons. The maximum atomic E-state index is 13.0. The van der Waals surface area contributed by atoms with Crippen molar-refractivity contribution in [2.75, 3.05) is 11.1 Å². The Morgan fingerprint density at radius 1 is 1.16 bits per heavy atom. The summed E-state index contributed by atoms with van der Waals surface area (Å²) in [5, 5.41) is 16.6. The minimum absolute atomic E-state index is 0.0327. The van der Waals surface area contributed by atoms with E-state index < -0.39 is 4.92 Å². The fourth-order valence-corrected chi connectivity index (χ4v) is 4.36. The average Bonchev–Trinajstić information content (AvgIpc) is 2.78. The summed E-state index contributed by atoms with van der Waals surface area (Å²) in [5.41, 5.74) is 1.52. The molecule has 4 aromatic rings. The summed E-state index contributed by atoms with van der Waals surface area (Å²) in [4.78, 5) is 40.6. The van der Waals surface area contributed by atoms with Crippen LogP contribution in [0.4, 0.5) is 11.4 Å². The van der Waals surface area contributed by atoms with Gasteiger partial charge in [-0.1, -0.05) is 36.0 Å². The van der Waals surface area contributed by atoms with Gasteiger partial charge in [-0.25, -0.2) is 4.98 Å². The zero-order chi connectivity index (χ0) is 22.8. The van der Waals surface area contributed by atoms with Gasteiger partial charge >= 0.3 is 0 Å². The van der Waals surface area contributed by atoms with Crippen LogP contribution in [0.5, 0.6) is 0 Å². The number of hydrogen-bond donors (Lipinski definition) is 1. The Labute approximate surface area is 187 Å². The van der Waals surface area contributed by atoms with Crippen LogP contribution in [0.2, 0.25) is 0 Å². The van der Waals surface area contributed by atoms with Crippen LogP contribution < -0.4 is 10.9 Å². The molecule has 0 atom stereocenters. The first-order valence-electron chi connectivity index (χ1n) is 9.98. The van der Waals surface area contributed by atoms with Crippen molar-refractivity contribution in [1.29, 1.82) is 0 Å². The Kier molecular flexibility index (Phi) is 5.91. The Morgan fingerprint density at radius 2 is 1.88 bits per heavy atom. The zero-order valence-electron chi connectivity index (χ0n) is 17.5. The van der Waals surface area contributed by atoms with Gasteiger partial charge < -0.3 is 5.32 Å². The molecule has 3 aromatic carbocycles. The van der Waals surface area contributed by atoms with E-state index in [0.717, 1.165) is 10.8 Å². The molecular weight excluding hydrogens is 428 g/mol. The molecule has 1 amide bonds. The molecule has 1 aromatic heterocycles. The molecule has 0 spiro atoms. The van der Waals surface area contributed by atoms with Gasteiger partial charge in [0.2, 0.25) is 5.91 Å². The molecule has 32 heavy (non-hydrogen) atoms. The van der Waals surface area contributed by atoms with Crippen LogP contribution in [0.3, 0.4) is 0 Å². The molecule has 0 aliphatic rings. The zero-order valence-corrected chi connectivity index (χ0v) is 18.3. The van der Waals surface area contributed by atoms with Gasteiger partial charge in [0.25, 0.3) is 11.2 Å². The van der Waals surface area contributed by atoms with Gasteiger partial charge in [-0.15, -0.1) is 0 Å². The van der Waals surface area contributed by atoms with Gasteiger partial charge in [0.1, 0.15) is 0 Å². The lowest BCUT2D eigenvalue weighted by Crippen LogP contribution is -2.23. The number of aromatic nitrogens is 2. The second-order valence-corrected chi connectivity index (χ2v) is 8.20. The number of anilines is 1. The number of aryl methyl sites for hydroxylation is 1. The van der Waals surface area contributed by atoms with E-state index in [9.17, 15) is 19.7 Å². The molecule has 0 aliphatic carbocycles. The topological polar surface area (TPSA) is 107 Å². The van der Waals surface area contributed by atoms with E-state index in [2.05, 4.69) is 10.3 Å². The molecule has 9 heteroatoms. The molecule has 0 unspecified atom stereocenters. The lowest BCUT2D eigenvalue weighted by Gasteiger charge is -2.12. The number of thioether (sulfide) groups is 1. The minimum atomic E-state index is -0.479. The Hall–Kier alpha value is -3.72. The largest absolute Gasteiger partial charge is 0.325 e. The van der Waals surface area contributed by atoms with Gasteiger partial charge in [0, 0.05) is 24.4 Å². The van der Waals surface area contributed by atoms with Gasteiger partial charge in [-0.05, 0) is 48.4 Å². The summed E-state index contributed by atoms with van der Waals surface area (Å²) >= 11 is 1.18. The second kappa shape index (κ2) is 8.80. The van der Waals surface area contributed by atoms with Crippen molar-refractivity contribution in [3.05, 3.63) is 80.6 Å². The lowest BCUT2D eigenvalue weighted by atomic mass is 10.1. The predicted octanol–water partition coefficient (Wildman–Crippen LogP) is 4.52. The number of fused-ring (bicyclic) bond motifs is 2. The first-order chi connectivity index (χ1) is 15.4. The van der Waals surface area contributed by atoms with Crippen molar-refractivity contribution < 1.29 is 9.72 Å². The number of hydrogen-bond acceptors (Lipinski definition) is 6. The molecule has 0 saturated carbocycles. The fraction of sp³-hybridized carbons (Fsp3) is 0.174. The van der Waals surface area contributed by atoms with Crippen LogP contribution >= 0.6 is 11.8 Å². The molecule has 8 nitrogen and oxygen atoms in total. The molecular formula is C23H20N4O4S. The smallest absolute Gasteiger partial charge is 0.269 e. The highest BCUT2D eigenvalue weighted by atomic mass is 32.2. The Morgan fingerprint density at radius 3 is 2.53 bits per heavy atom. The summed E-state index contributed by atoms with van der Waals surface area (Å²) in [6, 6.07) is 15.8. The summed E-state index contributed by atoms with van der Waals surface area (Å²) in [6.07, 6.45) is 0. The van der Waals surface area contributed by atoms with Crippen molar-refractivity contribution in [2.45, 2.75) is 25.5 Å². The minimum Gasteiger partial charge on any atom is -0.325 e. The van der Waals surface area contributed by atoms with Crippen LogP contribution in [0.15, 0.2) is 64.5 Å². The molecule has 0 aliphatic heterocycles. The van der Waals surface area contributed by atoms with Crippen LogP contribution in [-0.4, -0.2) is 26.1 Å². The molecule has 1 N–H and O–H groups in total. The van der Waals surface area contributed by atoms with E-state index in [0.29, 0.717) is 33.9 Å². The van der Waals surface area contributed by atoms with Crippen LogP contribution in [0, 0.1) is 17.0 Å². The molecule has 4 rings (SSSR count). The van der Waals surface area contributed by atoms with Crippen molar-refractivity contribution >= 4 is 50.7 Å². The third-order valence-corrected chi connectivity index (χ3v) is 6.11. The monoisotopic (exact) mass is 448 g/mol. The van der Waals surface area contributed by atoms with E-state index in [1.54, 1.807) is 11.5 Å². The van der Waals surface area contributed by atoms with Crippen molar-refractivity contribution in [3.63, 3.8) is 0 Å². The Bertz CT molecular complexity index is 1430. The van der Waals surface area contributed by atoms with Gasteiger partial charge in [-0.3, -0.25) is 24.3 Å². The second-order valence-electron chi connectivity index (χ2n) is 7.25. The third kappa shape index (κ3) is 4.19. The van der Waals surface area contributed by atoms with Gasteiger partial charge in [0.15, 0.2) is 5.16 Å². The van der Waals surface area contributed by atoms with E-state index >= 15 is 0 Å². The number of amides is 1. The number of nitrogens with zero attached hydrogens (tertiary/aromatic N) is 3. The summed E-state index contributed by atoms with van der Waals surface area (Å²) in [5.74, 6) is -0.246. The molecule has 0 saturated heterocycles. The quantitative estimate of drug-likeness (QED) is 0.153. The highest BCUT2D eigenvalue weighted by molar-refractivity contribution is 7.99. The summed E-state index contributed by atoms with van der Waals surface area (Å²) in [6.45, 7) is 3.99. The van der Waals surface area contributed by atoms with Crippen molar-refractivity contribution in [3.8, 4) is 0 Å². The maximum Gasteiger partial charge on any atom is 0.269 e. The van der Waals surface area contributed by atoms with E-state index in [4.69, 9.17) is 0 Å².